The van der Waals surface area contributed by atoms with Crippen molar-refractivity contribution in [2.75, 3.05) is 6.61 Å². The molecule has 0 saturated heterocycles. The summed E-state index contributed by atoms with van der Waals surface area (Å²) in [4.78, 5) is 20.7. The highest BCUT2D eigenvalue weighted by Gasteiger charge is 2.35. The van der Waals surface area contributed by atoms with Gasteiger partial charge in [-0.25, -0.2) is 14.8 Å². The molecule has 0 unspecified atom stereocenters. The van der Waals surface area contributed by atoms with E-state index in [9.17, 15) is 31.1 Å². The Kier molecular flexibility index (Phi) is 4.12. The van der Waals surface area contributed by atoms with E-state index < -0.39 is 47.3 Å². The zero-order valence-electron chi connectivity index (χ0n) is 12.4. The van der Waals surface area contributed by atoms with Gasteiger partial charge in [0, 0.05) is 5.56 Å². The summed E-state index contributed by atoms with van der Waals surface area (Å²) < 4.78 is 84.4. The Bertz CT molecular complexity index is 988. The molecule has 0 aliphatic carbocycles. The second-order valence-electron chi connectivity index (χ2n) is 5.02. The van der Waals surface area contributed by atoms with Gasteiger partial charge >= 0.3 is 18.1 Å². The summed E-state index contributed by atoms with van der Waals surface area (Å²) in [6.45, 7) is -1.57. The number of aromatic nitrogens is 3. The van der Waals surface area contributed by atoms with Crippen LogP contribution >= 0.6 is 0 Å². The van der Waals surface area contributed by atoms with Gasteiger partial charge in [-0.05, 0) is 12.1 Å². The Morgan fingerprint density at radius 1 is 1.08 bits per heavy atom. The van der Waals surface area contributed by atoms with Gasteiger partial charge in [0.25, 0.3) is 0 Å². The predicted molar refractivity (Wildman–Crippen MR) is 74.4 cm³/mol. The predicted octanol–water partition coefficient (Wildman–Crippen LogP) is 3.54. The molecule has 0 amide bonds. The third kappa shape index (κ3) is 3.63. The molecule has 1 N–H and O–H groups in total. The topological polar surface area (TPSA) is 81.0 Å². The van der Waals surface area contributed by atoms with Gasteiger partial charge in [-0.3, -0.25) is 4.98 Å². The monoisotopic (exact) mass is 379 g/mol. The van der Waals surface area contributed by atoms with Gasteiger partial charge < -0.3 is 9.15 Å². The maximum absolute atomic E-state index is 13.0. The van der Waals surface area contributed by atoms with Crippen molar-refractivity contribution < 1.29 is 35.5 Å². The average molecular weight is 379 g/mol. The normalized spacial score (nSPS) is 12.5. The van der Waals surface area contributed by atoms with Crippen LogP contribution in [0.25, 0.3) is 22.4 Å². The van der Waals surface area contributed by atoms with Crippen molar-refractivity contribution in [3.05, 3.63) is 40.6 Å². The molecule has 0 fully saturated rings. The number of halogens is 6. The van der Waals surface area contributed by atoms with Crippen LogP contribution in [-0.2, 0) is 6.18 Å². The van der Waals surface area contributed by atoms with Crippen molar-refractivity contribution in [2.45, 2.75) is 12.4 Å². The van der Waals surface area contributed by atoms with E-state index in [0.29, 0.717) is 0 Å². The van der Waals surface area contributed by atoms with Crippen molar-refractivity contribution in [1.82, 2.24) is 15.0 Å². The van der Waals surface area contributed by atoms with Gasteiger partial charge in [0.15, 0.2) is 12.2 Å². The van der Waals surface area contributed by atoms with Gasteiger partial charge in [-0.2, -0.15) is 26.3 Å². The number of nitrogens with zero attached hydrogens (tertiary/aromatic N) is 2. The lowest BCUT2D eigenvalue weighted by Gasteiger charge is -2.10. The third-order valence-corrected chi connectivity index (χ3v) is 3.17. The smallest absolute Gasteiger partial charge is 0.422 e. The second-order valence-corrected chi connectivity index (χ2v) is 5.02. The molecule has 1 aromatic carbocycles. The van der Waals surface area contributed by atoms with Crippen LogP contribution in [0.15, 0.2) is 33.7 Å². The number of benzene rings is 1. The van der Waals surface area contributed by atoms with E-state index in [2.05, 4.69) is 14.7 Å². The molecule has 0 radical (unpaired) electrons. The maximum atomic E-state index is 13.0. The van der Waals surface area contributed by atoms with Crippen LogP contribution in [0.4, 0.5) is 26.3 Å². The zero-order chi connectivity index (χ0) is 19.1. The van der Waals surface area contributed by atoms with Crippen molar-refractivity contribution >= 4 is 11.1 Å². The molecule has 138 valence electrons. The Morgan fingerprint density at radius 2 is 1.81 bits per heavy atom. The van der Waals surface area contributed by atoms with E-state index in [1.54, 1.807) is 0 Å². The Labute approximate surface area is 139 Å². The fourth-order valence-corrected chi connectivity index (χ4v) is 2.16. The first kappa shape index (κ1) is 17.8. The number of H-pyrrole nitrogens is 1. The molecule has 0 atom stereocenters. The molecule has 3 aromatic rings. The highest BCUT2D eigenvalue weighted by molar-refractivity contribution is 5.91. The SMILES string of the molecule is O=c1[nH]c2c(C(F)(F)F)ccc(-c3cnc(OCC(F)(F)F)cn3)c2o1. The molecule has 0 aliphatic rings. The molecule has 0 spiro atoms. The van der Waals surface area contributed by atoms with Crippen molar-refractivity contribution in [1.29, 1.82) is 0 Å². The fraction of sp³-hybridized carbons (Fsp3) is 0.214. The summed E-state index contributed by atoms with van der Waals surface area (Å²) in [7, 11) is 0. The first-order valence-electron chi connectivity index (χ1n) is 6.79. The number of aromatic amines is 1. The van der Waals surface area contributed by atoms with Crippen molar-refractivity contribution in [2.24, 2.45) is 0 Å². The summed E-state index contributed by atoms with van der Waals surface area (Å²) in [5.74, 6) is -1.53. The molecule has 0 aliphatic heterocycles. The van der Waals surface area contributed by atoms with Crippen molar-refractivity contribution in [3.63, 3.8) is 0 Å². The standard InChI is InChI=1S/C14H7F6N3O3/c15-13(16,17)5-25-9-4-21-8(3-22-9)6-1-2-7(14(18,19)20)10-11(6)26-12(24)23-10/h1-4H,5H2,(H,23,24). The summed E-state index contributed by atoms with van der Waals surface area (Å²) >= 11 is 0. The molecule has 0 bridgehead atoms. The molecule has 2 aromatic heterocycles. The fourth-order valence-electron chi connectivity index (χ4n) is 2.16. The number of hydrogen-bond acceptors (Lipinski definition) is 5. The van der Waals surface area contributed by atoms with Crippen molar-refractivity contribution in [3.8, 4) is 17.1 Å². The molecule has 2 heterocycles. The summed E-state index contributed by atoms with van der Waals surface area (Å²) in [5, 5.41) is 0. The molecule has 6 nitrogen and oxygen atoms in total. The summed E-state index contributed by atoms with van der Waals surface area (Å²) in [6.07, 6.45) is -7.44. The lowest BCUT2D eigenvalue weighted by molar-refractivity contribution is -0.154. The summed E-state index contributed by atoms with van der Waals surface area (Å²) in [6, 6.07) is 1.74. The quantitative estimate of drug-likeness (QED) is 0.704. The van der Waals surface area contributed by atoms with Crippen LogP contribution in [0, 0.1) is 0 Å². The number of ether oxygens (including phenoxy) is 1. The first-order chi connectivity index (χ1) is 12.0. The zero-order valence-corrected chi connectivity index (χ0v) is 12.4. The number of fused-ring (bicyclic) bond motifs is 1. The molecule has 26 heavy (non-hydrogen) atoms. The Morgan fingerprint density at radius 3 is 2.38 bits per heavy atom. The average Bonchev–Trinajstić information content (AvgIpc) is 2.92. The van der Waals surface area contributed by atoms with Gasteiger partial charge in [-0.1, -0.05) is 0 Å². The Hall–Kier alpha value is -3.05. The maximum Gasteiger partial charge on any atom is 0.422 e. The Balaban J connectivity index is 2.00. The van der Waals surface area contributed by atoms with Crippen LogP contribution in [0.1, 0.15) is 5.56 Å². The van der Waals surface area contributed by atoms with Gasteiger partial charge in [0.1, 0.15) is 5.52 Å². The molecule has 12 heteroatoms. The lowest BCUT2D eigenvalue weighted by atomic mass is 10.1. The van der Waals surface area contributed by atoms with E-state index in [0.717, 1.165) is 24.5 Å². The van der Waals surface area contributed by atoms with E-state index in [1.165, 1.54) is 0 Å². The highest BCUT2D eigenvalue weighted by Crippen LogP contribution is 2.37. The minimum absolute atomic E-state index is 0.00113. The number of hydrogen-bond donors (Lipinski definition) is 1. The highest BCUT2D eigenvalue weighted by atomic mass is 19.4. The van der Waals surface area contributed by atoms with Crippen LogP contribution in [0.2, 0.25) is 0 Å². The van der Waals surface area contributed by atoms with Gasteiger partial charge in [0.05, 0.1) is 23.7 Å². The largest absolute Gasteiger partial charge is 0.467 e. The van der Waals surface area contributed by atoms with Crippen LogP contribution < -0.4 is 10.5 Å². The first-order valence-corrected chi connectivity index (χ1v) is 6.79. The summed E-state index contributed by atoms with van der Waals surface area (Å²) in [5.41, 5.74) is -2.10. The minimum atomic E-state index is -4.73. The number of nitrogens with one attached hydrogen (secondary N) is 1. The van der Waals surface area contributed by atoms with E-state index >= 15 is 0 Å². The van der Waals surface area contributed by atoms with Crippen LogP contribution in [0.5, 0.6) is 5.88 Å². The minimum Gasteiger partial charge on any atom is -0.467 e. The lowest BCUT2D eigenvalue weighted by Crippen LogP contribution is -2.19. The third-order valence-electron chi connectivity index (χ3n) is 3.17. The molecule has 3 rings (SSSR count). The van der Waals surface area contributed by atoms with E-state index in [-0.39, 0.29) is 11.3 Å². The van der Waals surface area contributed by atoms with Gasteiger partial charge in [-0.15, -0.1) is 0 Å². The van der Waals surface area contributed by atoms with Crippen LogP contribution in [0.3, 0.4) is 0 Å². The molecular formula is C14H7F6N3O3. The molecule has 0 saturated carbocycles. The van der Waals surface area contributed by atoms with E-state index in [1.807, 2.05) is 4.98 Å². The van der Waals surface area contributed by atoms with Gasteiger partial charge in [0.2, 0.25) is 5.88 Å². The number of alkyl halides is 6. The second kappa shape index (κ2) is 6.04. The molecular weight excluding hydrogens is 372 g/mol. The number of rotatable bonds is 3. The van der Waals surface area contributed by atoms with Crippen LogP contribution in [-0.4, -0.2) is 27.7 Å². The number of oxazole rings is 1. The van der Waals surface area contributed by atoms with E-state index in [4.69, 9.17) is 4.42 Å².